The summed E-state index contributed by atoms with van der Waals surface area (Å²) in [6.45, 7) is 0.524. The molecule has 27 heavy (non-hydrogen) atoms. The molecular weight excluding hydrogens is 330 g/mol. The van der Waals surface area contributed by atoms with E-state index in [-0.39, 0.29) is 0 Å². The number of nitrogens with two attached hydrogens (primary N) is 1. The van der Waals surface area contributed by atoms with Crippen molar-refractivity contribution in [3.05, 3.63) is 96.1 Å². The average Bonchev–Trinajstić information content (AvgIpc) is 3.11. The molecule has 0 spiro atoms. The fraction of sp³-hybridized carbons (Fsp3) is 0.120. The maximum absolute atomic E-state index is 6.13. The molecule has 0 aliphatic heterocycles. The third kappa shape index (κ3) is 2.88. The first-order chi connectivity index (χ1) is 13.3. The quantitative estimate of drug-likeness (QED) is 0.469. The van der Waals surface area contributed by atoms with Gasteiger partial charge < -0.3 is 10.2 Å². The molecule has 1 aliphatic carbocycles. The molecule has 1 unspecified atom stereocenters. The lowest BCUT2D eigenvalue weighted by Gasteiger charge is -2.14. The lowest BCUT2D eigenvalue weighted by atomic mass is 9.90. The van der Waals surface area contributed by atoms with Gasteiger partial charge in [0.05, 0.1) is 0 Å². The van der Waals surface area contributed by atoms with Gasteiger partial charge in [0.25, 0.3) is 0 Å². The van der Waals surface area contributed by atoms with Crippen molar-refractivity contribution in [1.82, 2.24) is 0 Å². The Hall–Kier alpha value is -3.10. The standard InChI is InChI=1S/C25H21NO/c26-16-17-9-11-22-23-12-10-21(15-25(23)27-24(22)13-17)20-8-4-7-19(14-20)18-5-2-1-3-6-18/h1-5,7-15,18H,6,16,26H2. The normalized spacial score (nSPS) is 16.4. The van der Waals surface area contributed by atoms with Gasteiger partial charge in [0.1, 0.15) is 11.2 Å². The van der Waals surface area contributed by atoms with Crippen LogP contribution in [0, 0.1) is 0 Å². The van der Waals surface area contributed by atoms with E-state index in [4.69, 9.17) is 10.2 Å². The van der Waals surface area contributed by atoms with E-state index in [9.17, 15) is 0 Å². The molecule has 4 aromatic rings. The first kappa shape index (κ1) is 16.1. The molecule has 2 heteroatoms. The van der Waals surface area contributed by atoms with Crippen LogP contribution in [0.15, 0.2) is 89.4 Å². The fourth-order valence-electron chi connectivity index (χ4n) is 3.90. The Kier molecular flexibility index (Phi) is 3.92. The van der Waals surface area contributed by atoms with E-state index < -0.39 is 0 Å². The molecule has 1 atom stereocenters. The van der Waals surface area contributed by atoms with Gasteiger partial charge in [-0.25, -0.2) is 0 Å². The molecule has 0 fully saturated rings. The van der Waals surface area contributed by atoms with Gasteiger partial charge in [0.15, 0.2) is 0 Å². The maximum atomic E-state index is 6.13. The van der Waals surface area contributed by atoms with E-state index in [0.29, 0.717) is 12.5 Å². The van der Waals surface area contributed by atoms with Crippen LogP contribution < -0.4 is 5.73 Å². The molecule has 5 rings (SSSR count). The molecule has 2 N–H and O–H groups in total. The van der Waals surface area contributed by atoms with Crippen LogP contribution >= 0.6 is 0 Å². The predicted octanol–water partition coefficient (Wildman–Crippen LogP) is 6.31. The highest BCUT2D eigenvalue weighted by atomic mass is 16.3. The third-order valence-corrected chi connectivity index (χ3v) is 5.40. The Bertz CT molecular complexity index is 1200. The van der Waals surface area contributed by atoms with Crippen molar-refractivity contribution in [3.8, 4) is 11.1 Å². The molecule has 132 valence electrons. The van der Waals surface area contributed by atoms with Crippen LogP contribution in [0.25, 0.3) is 33.1 Å². The Labute approximate surface area is 158 Å². The summed E-state index contributed by atoms with van der Waals surface area (Å²) in [5.74, 6) is 0.458. The number of rotatable bonds is 3. The highest BCUT2D eigenvalue weighted by molar-refractivity contribution is 6.06. The Morgan fingerprint density at radius 1 is 0.852 bits per heavy atom. The van der Waals surface area contributed by atoms with Crippen LogP contribution in [0.3, 0.4) is 0 Å². The van der Waals surface area contributed by atoms with Crippen molar-refractivity contribution in [2.24, 2.45) is 5.73 Å². The molecule has 0 amide bonds. The summed E-state index contributed by atoms with van der Waals surface area (Å²) in [6.07, 6.45) is 9.82. The molecule has 2 nitrogen and oxygen atoms in total. The number of furan rings is 1. The highest BCUT2D eigenvalue weighted by Crippen LogP contribution is 2.34. The summed E-state index contributed by atoms with van der Waals surface area (Å²) in [7, 11) is 0. The average molecular weight is 351 g/mol. The van der Waals surface area contributed by atoms with Crippen LogP contribution in [0.2, 0.25) is 0 Å². The first-order valence-corrected chi connectivity index (χ1v) is 9.41. The second kappa shape index (κ2) is 6.57. The van der Waals surface area contributed by atoms with Gasteiger partial charge in [-0.15, -0.1) is 0 Å². The molecule has 1 heterocycles. The van der Waals surface area contributed by atoms with Gasteiger partial charge >= 0.3 is 0 Å². The van der Waals surface area contributed by atoms with Gasteiger partial charge in [-0.05, 0) is 46.9 Å². The Morgan fingerprint density at radius 2 is 1.67 bits per heavy atom. The molecule has 1 aromatic heterocycles. The fourth-order valence-corrected chi connectivity index (χ4v) is 3.90. The Morgan fingerprint density at radius 3 is 2.48 bits per heavy atom. The van der Waals surface area contributed by atoms with Crippen LogP contribution in [0.4, 0.5) is 0 Å². The molecule has 0 saturated carbocycles. The highest BCUT2D eigenvalue weighted by Gasteiger charge is 2.12. The number of allylic oxidation sites excluding steroid dienone is 4. The topological polar surface area (TPSA) is 39.2 Å². The van der Waals surface area contributed by atoms with E-state index in [0.717, 1.165) is 33.9 Å². The van der Waals surface area contributed by atoms with Crippen LogP contribution in [0.1, 0.15) is 23.5 Å². The van der Waals surface area contributed by atoms with E-state index in [1.54, 1.807) is 0 Å². The zero-order valence-electron chi connectivity index (χ0n) is 15.1. The van der Waals surface area contributed by atoms with E-state index in [1.807, 2.05) is 6.07 Å². The van der Waals surface area contributed by atoms with Crippen LogP contribution in [-0.4, -0.2) is 0 Å². The summed E-state index contributed by atoms with van der Waals surface area (Å²) < 4.78 is 6.13. The summed E-state index contributed by atoms with van der Waals surface area (Å²) in [4.78, 5) is 0. The van der Waals surface area contributed by atoms with Gasteiger partial charge in [-0.3, -0.25) is 0 Å². The minimum absolute atomic E-state index is 0.458. The third-order valence-electron chi connectivity index (χ3n) is 5.40. The zero-order chi connectivity index (χ0) is 18.2. The predicted molar refractivity (Wildman–Crippen MR) is 113 cm³/mol. The van der Waals surface area contributed by atoms with Gasteiger partial charge in [0.2, 0.25) is 0 Å². The SMILES string of the molecule is NCc1ccc2c(c1)oc1cc(-c3cccc(C4C=CC=CC4)c3)ccc12. The molecule has 1 aliphatic rings. The zero-order valence-corrected chi connectivity index (χ0v) is 15.1. The second-order valence-electron chi connectivity index (χ2n) is 7.13. The number of benzene rings is 3. The largest absolute Gasteiger partial charge is 0.456 e. The van der Waals surface area contributed by atoms with Crippen molar-refractivity contribution >= 4 is 21.9 Å². The van der Waals surface area contributed by atoms with Crippen molar-refractivity contribution in [3.63, 3.8) is 0 Å². The summed E-state index contributed by atoms with van der Waals surface area (Å²) in [6, 6.07) is 21.5. The van der Waals surface area contributed by atoms with Crippen molar-refractivity contribution in [2.45, 2.75) is 18.9 Å². The molecular formula is C25H21NO. The van der Waals surface area contributed by atoms with Crippen molar-refractivity contribution < 1.29 is 4.42 Å². The number of hydrogen-bond donors (Lipinski definition) is 1. The number of fused-ring (bicyclic) bond motifs is 3. The van der Waals surface area contributed by atoms with E-state index >= 15 is 0 Å². The minimum atomic E-state index is 0.458. The van der Waals surface area contributed by atoms with E-state index in [1.165, 1.54) is 16.7 Å². The number of hydrogen-bond acceptors (Lipinski definition) is 2. The summed E-state index contributed by atoms with van der Waals surface area (Å²) >= 11 is 0. The summed E-state index contributed by atoms with van der Waals surface area (Å²) in [5, 5.41) is 2.29. The van der Waals surface area contributed by atoms with Gasteiger partial charge in [-0.1, -0.05) is 66.8 Å². The first-order valence-electron chi connectivity index (χ1n) is 9.41. The van der Waals surface area contributed by atoms with Crippen LogP contribution in [0.5, 0.6) is 0 Å². The van der Waals surface area contributed by atoms with Crippen molar-refractivity contribution in [2.75, 3.05) is 0 Å². The van der Waals surface area contributed by atoms with Gasteiger partial charge in [0, 0.05) is 23.2 Å². The Balaban J connectivity index is 1.58. The van der Waals surface area contributed by atoms with E-state index in [2.05, 4.69) is 78.9 Å². The van der Waals surface area contributed by atoms with Crippen LogP contribution in [-0.2, 0) is 6.54 Å². The molecule has 3 aromatic carbocycles. The lowest BCUT2D eigenvalue weighted by molar-refractivity contribution is 0.668. The molecule has 0 radical (unpaired) electrons. The summed E-state index contributed by atoms with van der Waals surface area (Å²) in [5.41, 5.74) is 12.4. The van der Waals surface area contributed by atoms with Gasteiger partial charge in [-0.2, -0.15) is 0 Å². The molecule has 0 saturated heterocycles. The van der Waals surface area contributed by atoms with Crippen molar-refractivity contribution in [1.29, 1.82) is 0 Å². The minimum Gasteiger partial charge on any atom is -0.456 e. The monoisotopic (exact) mass is 351 g/mol. The lowest BCUT2D eigenvalue weighted by Crippen LogP contribution is -1.96. The maximum Gasteiger partial charge on any atom is 0.136 e. The second-order valence-corrected chi connectivity index (χ2v) is 7.13. The molecule has 0 bridgehead atoms. The smallest absolute Gasteiger partial charge is 0.136 e.